The van der Waals surface area contributed by atoms with Gasteiger partial charge in [0.15, 0.2) is 17.1 Å². The van der Waals surface area contributed by atoms with Crippen LogP contribution in [0.2, 0.25) is 0 Å². The maximum absolute atomic E-state index is 12.5. The van der Waals surface area contributed by atoms with Crippen LogP contribution in [0.3, 0.4) is 0 Å². The van der Waals surface area contributed by atoms with Crippen molar-refractivity contribution in [3.8, 4) is 11.5 Å². The monoisotopic (exact) mass is 326 g/mol. The minimum atomic E-state index is -0.291. The molecule has 2 heterocycles. The molecule has 7 nitrogen and oxygen atoms in total. The van der Waals surface area contributed by atoms with E-state index in [1.54, 1.807) is 55.3 Å². The average Bonchev–Trinajstić information content (AvgIpc) is 3.09. The van der Waals surface area contributed by atoms with Crippen LogP contribution in [0.4, 0.5) is 5.69 Å². The first kappa shape index (κ1) is 15.8. The molecule has 3 aromatic rings. The predicted molar refractivity (Wildman–Crippen MR) is 89.9 cm³/mol. The summed E-state index contributed by atoms with van der Waals surface area (Å²) in [6, 6.07) is 8.70. The number of nitrogens with zero attached hydrogens (tertiary/aromatic N) is 3. The van der Waals surface area contributed by atoms with E-state index in [2.05, 4.69) is 15.4 Å². The van der Waals surface area contributed by atoms with Gasteiger partial charge in [0, 0.05) is 23.5 Å². The Morgan fingerprint density at radius 2 is 1.96 bits per heavy atom. The molecule has 0 unspecified atom stereocenters. The van der Waals surface area contributed by atoms with E-state index >= 15 is 0 Å². The number of aryl methyl sites for hydroxylation is 1. The molecule has 1 N–H and O–H groups in total. The number of benzene rings is 1. The quantitative estimate of drug-likeness (QED) is 0.779. The maximum atomic E-state index is 12.5. The highest BCUT2D eigenvalue weighted by atomic mass is 16.5. The summed E-state index contributed by atoms with van der Waals surface area (Å²) in [6.07, 6.45) is 2.41. The molecule has 3 rings (SSSR count). The highest BCUT2D eigenvalue weighted by Gasteiger charge is 2.13. The van der Waals surface area contributed by atoms with Gasteiger partial charge in [0.05, 0.1) is 20.4 Å². The Labute approximate surface area is 139 Å². The first-order valence-corrected chi connectivity index (χ1v) is 7.53. The van der Waals surface area contributed by atoms with E-state index in [9.17, 15) is 4.79 Å². The van der Waals surface area contributed by atoms with Crippen molar-refractivity contribution < 1.29 is 14.3 Å². The van der Waals surface area contributed by atoms with Crippen molar-refractivity contribution >= 4 is 17.2 Å². The van der Waals surface area contributed by atoms with Crippen molar-refractivity contribution in [2.45, 2.75) is 13.3 Å². The van der Waals surface area contributed by atoms with Gasteiger partial charge >= 0.3 is 0 Å². The summed E-state index contributed by atoms with van der Waals surface area (Å²) in [7, 11) is 3.11. The molecule has 0 atom stereocenters. The molecule has 24 heavy (non-hydrogen) atoms. The third-order valence-electron chi connectivity index (χ3n) is 3.67. The van der Waals surface area contributed by atoms with Gasteiger partial charge in [-0.1, -0.05) is 6.92 Å². The molecule has 0 aliphatic heterocycles. The zero-order chi connectivity index (χ0) is 17.1. The highest BCUT2D eigenvalue weighted by Crippen LogP contribution is 2.29. The van der Waals surface area contributed by atoms with Gasteiger partial charge in [-0.2, -0.15) is 5.10 Å². The largest absolute Gasteiger partial charge is 0.493 e. The van der Waals surface area contributed by atoms with Crippen molar-refractivity contribution in [2.24, 2.45) is 0 Å². The smallest absolute Gasteiger partial charge is 0.274 e. The maximum Gasteiger partial charge on any atom is 0.274 e. The molecule has 7 heteroatoms. The predicted octanol–water partition coefficient (Wildman–Crippen LogP) is 2.56. The van der Waals surface area contributed by atoms with Crippen LogP contribution in [0.15, 0.2) is 36.5 Å². The van der Waals surface area contributed by atoms with Crippen LogP contribution in [0.5, 0.6) is 11.5 Å². The zero-order valence-electron chi connectivity index (χ0n) is 13.7. The molecule has 2 aromatic heterocycles. The number of hydrogen-bond acceptors (Lipinski definition) is 5. The van der Waals surface area contributed by atoms with Gasteiger partial charge in [0.1, 0.15) is 5.69 Å². The number of carbonyl (C=O) groups excluding carboxylic acids is 1. The Morgan fingerprint density at radius 3 is 2.67 bits per heavy atom. The molecule has 0 saturated heterocycles. The molecule has 1 amide bonds. The number of aromatic nitrogens is 3. The summed E-state index contributed by atoms with van der Waals surface area (Å²) in [5, 5.41) is 7.03. The van der Waals surface area contributed by atoms with Crippen LogP contribution >= 0.6 is 0 Å². The van der Waals surface area contributed by atoms with E-state index in [0.29, 0.717) is 28.5 Å². The van der Waals surface area contributed by atoms with E-state index < -0.39 is 0 Å². The molecular weight excluding hydrogens is 308 g/mol. The highest BCUT2D eigenvalue weighted by molar-refractivity contribution is 6.03. The molecule has 0 spiro atoms. The summed E-state index contributed by atoms with van der Waals surface area (Å²) < 4.78 is 12.2. The Hall–Kier alpha value is -3.09. The summed E-state index contributed by atoms with van der Waals surface area (Å²) in [5.74, 6) is 0.854. The van der Waals surface area contributed by atoms with Crippen LogP contribution in [0.25, 0.3) is 5.65 Å². The number of anilines is 1. The Bertz CT molecular complexity index is 889. The van der Waals surface area contributed by atoms with E-state index in [1.165, 1.54) is 0 Å². The van der Waals surface area contributed by atoms with Crippen LogP contribution < -0.4 is 14.8 Å². The van der Waals surface area contributed by atoms with Crippen LogP contribution in [-0.2, 0) is 6.42 Å². The van der Waals surface area contributed by atoms with Gasteiger partial charge in [-0.3, -0.25) is 4.79 Å². The molecule has 124 valence electrons. The third kappa shape index (κ3) is 2.88. The third-order valence-corrected chi connectivity index (χ3v) is 3.67. The minimum absolute atomic E-state index is 0.291. The average molecular weight is 326 g/mol. The van der Waals surface area contributed by atoms with Crippen LogP contribution in [-0.4, -0.2) is 34.7 Å². The van der Waals surface area contributed by atoms with Crippen molar-refractivity contribution in [2.75, 3.05) is 19.5 Å². The second-order valence-corrected chi connectivity index (χ2v) is 5.11. The lowest BCUT2D eigenvalue weighted by molar-refractivity contribution is 0.102. The van der Waals surface area contributed by atoms with Crippen molar-refractivity contribution in [3.63, 3.8) is 0 Å². The van der Waals surface area contributed by atoms with Gasteiger partial charge in [-0.25, -0.2) is 9.50 Å². The molecular formula is C17H18N4O3. The van der Waals surface area contributed by atoms with Gasteiger partial charge in [-0.15, -0.1) is 0 Å². The standard InChI is InChI=1S/C17H18N4O3/c1-4-12-10-13(20-16-7-8-18-21(12)16)17(22)19-11-5-6-14(23-2)15(9-11)24-3/h5-10H,4H2,1-3H3,(H,19,22). The molecule has 0 radical (unpaired) electrons. The summed E-state index contributed by atoms with van der Waals surface area (Å²) in [6.45, 7) is 2.01. The van der Waals surface area contributed by atoms with Crippen molar-refractivity contribution in [1.82, 2.24) is 14.6 Å². The minimum Gasteiger partial charge on any atom is -0.493 e. The fourth-order valence-electron chi connectivity index (χ4n) is 2.45. The second-order valence-electron chi connectivity index (χ2n) is 5.11. The number of carbonyl (C=O) groups is 1. The van der Waals surface area contributed by atoms with Crippen LogP contribution in [0, 0.1) is 0 Å². The zero-order valence-corrected chi connectivity index (χ0v) is 13.7. The summed E-state index contributed by atoms with van der Waals surface area (Å²) in [4.78, 5) is 16.9. The van der Waals surface area contributed by atoms with Gasteiger partial charge < -0.3 is 14.8 Å². The van der Waals surface area contributed by atoms with Gasteiger partial charge in [-0.05, 0) is 24.6 Å². The number of ether oxygens (including phenoxy) is 2. The lowest BCUT2D eigenvalue weighted by Crippen LogP contribution is -2.15. The number of amides is 1. The number of nitrogens with one attached hydrogen (secondary N) is 1. The van der Waals surface area contributed by atoms with E-state index in [-0.39, 0.29) is 5.91 Å². The normalized spacial score (nSPS) is 10.6. The summed E-state index contributed by atoms with van der Waals surface area (Å²) >= 11 is 0. The Morgan fingerprint density at radius 1 is 1.17 bits per heavy atom. The van der Waals surface area contributed by atoms with Gasteiger partial charge in [0.25, 0.3) is 5.91 Å². The molecule has 1 aromatic carbocycles. The molecule has 0 aliphatic rings. The van der Waals surface area contributed by atoms with Gasteiger partial charge in [0.2, 0.25) is 0 Å². The van der Waals surface area contributed by atoms with Crippen molar-refractivity contribution in [1.29, 1.82) is 0 Å². The first-order chi connectivity index (χ1) is 11.7. The summed E-state index contributed by atoms with van der Waals surface area (Å²) in [5.41, 5.74) is 2.51. The van der Waals surface area contributed by atoms with E-state index in [0.717, 1.165) is 12.1 Å². The number of fused-ring (bicyclic) bond motifs is 1. The fourth-order valence-corrected chi connectivity index (χ4v) is 2.45. The fraction of sp³-hybridized carbons (Fsp3) is 0.235. The van der Waals surface area contributed by atoms with Crippen LogP contribution in [0.1, 0.15) is 23.1 Å². The Balaban J connectivity index is 1.90. The first-order valence-electron chi connectivity index (χ1n) is 7.53. The Kier molecular flexibility index (Phi) is 4.33. The topological polar surface area (TPSA) is 77.8 Å². The number of methoxy groups -OCH3 is 2. The van der Waals surface area contributed by atoms with E-state index in [4.69, 9.17) is 9.47 Å². The second kappa shape index (κ2) is 6.57. The molecule has 0 saturated carbocycles. The lowest BCUT2D eigenvalue weighted by atomic mass is 10.2. The van der Waals surface area contributed by atoms with E-state index in [1.807, 2.05) is 6.92 Å². The number of rotatable bonds is 5. The van der Waals surface area contributed by atoms with Crippen molar-refractivity contribution in [3.05, 3.63) is 47.9 Å². The molecule has 0 aliphatic carbocycles. The molecule has 0 fully saturated rings. The number of hydrogen-bond donors (Lipinski definition) is 1. The lowest BCUT2D eigenvalue weighted by Gasteiger charge is -2.11. The SMILES string of the molecule is CCc1cc(C(=O)Nc2ccc(OC)c(OC)c2)nc2ccnn12. The molecule has 0 bridgehead atoms.